The summed E-state index contributed by atoms with van der Waals surface area (Å²) in [6.45, 7) is 1.06. The van der Waals surface area contributed by atoms with Crippen molar-refractivity contribution in [3.63, 3.8) is 0 Å². The fourth-order valence-corrected chi connectivity index (χ4v) is 3.12. The number of pyridine rings is 1. The van der Waals surface area contributed by atoms with Crippen LogP contribution < -0.4 is 0 Å². The molecule has 1 spiro atoms. The van der Waals surface area contributed by atoms with Gasteiger partial charge in [0.15, 0.2) is 11.9 Å². The molecule has 0 bridgehead atoms. The minimum atomic E-state index is -4.74. The second-order valence-corrected chi connectivity index (χ2v) is 6.06. The Morgan fingerprint density at radius 1 is 1.09 bits per heavy atom. The van der Waals surface area contributed by atoms with Crippen LogP contribution in [0.4, 0.5) is 13.2 Å². The van der Waals surface area contributed by atoms with Crippen molar-refractivity contribution >= 4 is 0 Å². The molecule has 1 saturated heterocycles. The molecule has 1 saturated carbocycles. The third kappa shape index (κ3) is 3.21. The Labute approximate surface area is 131 Å². The number of aliphatic hydroxyl groups is 2. The molecule has 1 aliphatic carbocycles. The standard InChI is InChI=1S/C15H18F3NO4/c16-15(17,18)12(20)10-1-2-11(19-9-10)13(21)3-5-14(6-4-13)22-7-8-23-14/h1-2,9,12,20-21H,3-8H2. The van der Waals surface area contributed by atoms with Gasteiger partial charge in [0, 0.05) is 24.6 Å². The highest BCUT2D eigenvalue weighted by Crippen LogP contribution is 2.44. The van der Waals surface area contributed by atoms with Crippen LogP contribution in [0, 0.1) is 0 Å². The van der Waals surface area contributed by atoms with E-state index in [2.05, 4.69) is 4.98 Å². The molecule has 0 amide bonds. The van der Waals surface area contributed by atoms with Crippen molar-refractivity contribution in [2.24, 2.45) is 0 Å². The second-order valence-electron chi connectivity index (χ2n) is 6.06. The largest absolute Gasteiger partial charge is 0.418 e. The summed E-state index contributed by atoms with van der Waals surface area (Å²) in [5, 5.41) is 19.9. The Kier molecular flexibility index (Phi) is 4.12. The SMILES string of the molecule is OC(c1ccc(C2(O)CCC3(CC2)OCCO3)nc1)C(F)(F)F. The minimum Gasteiger partial charge on any atom is -0.384 e. The van der Waals surface area contributed by atoms with Crippen LogP contribution >= 0.6 is 0 Å². The fraction of sp³-hybridized carbons (Fsp3) is 0.667. The summed E-state index contributed by atoms with van der Waals surface area (Å²) in [5.41, 5.74) is -1.27. The average Bonchev–Trinajstić information content (AvgIpc) is 2.98. The molecule has 128 valence electrons. The predicted molar refractivity (Wildman–Crippen MR) is 72.3 cm³/mol. The molecule has 0 aromatic carbocycles. The Balaban J connectivity index is 1.72. The summed E-state index contributed by atoms with van der Waals surface area (Å²) in [5.74, 6) is -0.640. The Bertz CT molecular complexity index is 545. The van der Waals surface area contributed by atoms with Crippen molar-refractivity contribution < 1.29 is 32.9 Å². The molecule has 2 N–H and O–H groups in total. The number of ether oxygens (including phenoxy) is 2. The molecule has 1 aromatic rings. The van der Waals surface area contributed by atoms with Gasteiger partial charge in [-0.2, -0.15) is 13.2 Å². The molecule has 3 rings (SSSR count). The van der Waals surface area contributed by atoms with Crippen molar-refractivity contribution in [1.82, 2.24) is 4.98 Å². The summed E-state index contributed by atoms with van der Waals surface area (Å²) in [7, 11) is 0. The molecule has 2 aliphatic rings. The summed E-state index contributed by atoms with van der Waals surface area (Å²) in [6, 6.07) is 2.48. The molecule has 5 nitrogen and oxygen atoms in total. The molecule has 1 unspecified atom stereocenters. The highest BCUT2D eigenvalue weighted by Gasteiger charge is 2.47. The van der Waals surface area contributed by atoms with Crippen LogP contribution in [0.25, 0.3) is 0 Å². The van der Waals surface area contributed by atoms with Crippen LogP contribution in [0.15, 0.2) is 18.3 Å². The molecule has 1 aromatic heterocycles. The highest BCUT2D eigenvalue weighted by molar-refractivity contribution is 5.22. The first-order valence-electron chi connectivity index (χ1n) is 7.46. The van der Waals surface area contributed by atoms with Crippen molar-refractivity contribution in [1.29, 1.82) is 0 Å². The van der Waals surface area contributed by atoms with E-state index in [1.165, 1.54) is 6.07 Å². The summed E-state index contributed by atoms with van der Waals surface area (Å²) >= 11 is 0. The van der Waals surface area contributed by atoms with Gasteiger partial charge in [-0.25, -0.2) is 0 Å². The molecule has 23 heavy (non-hydrogen) atoms. The van der Waals surface area contributed by atoms with Crippen molar-refractivity contribution in [3.8, 4) is 0 Å². The number of aromatic nitrogens is 1. The van der Waals surface area contributed by atoms with E-state index in [9.17, 15) is 23.4 Å². The third-order valence-corrected chi connectivity index (χ3v) is 4.54. The van der Waals surface area contributed by atoms with Crippen molar-refractivity contribution in [2.45, 2.75) is 49.4 Å². The zero-order chi connectivity index (χ0) is 16.7. The van der Waals surface area contributed by atoms with E-state index in [0.717, 1.165) is 12.3 Å². The normalized spacial score (nSPS) is 24.7. The molecule has 1 aliphatic heterocycles. The van der Waals surface area contributed by atoms with E-state index in [4.69, 9.17) is 9.47 Å². The van der Waals surface area contributed by atoms with Gasteiger partial charge in [-0.3, -0.25) is 4.98 Å². The molecule has 8 heteroatoms. The number of nitrogens with zero attached hydrogens (tertiary/aromatic N) is 1. The van der Waals surface area contributed by atoms with Gasteiger partial charge in [0.05, 0.1) is 18.9 Å². The molecular weight excluding hydrogens is 315 g/mol. The number of hydrogen-bond acceptors (Lipinski definition) is 5. The Morgan fingerprint density at radius 3 is 2.17 bits per heavy atom. The predicted octanol–water partition coefficient (Wildman–Crippen LogP) is 2.18. The van der Waals surface area contributed by atoms with Crippen LogP contribution in [-0.2, 0) is 15.1 Å². The molecule has 2 fully saturated rings. The van der Waals surface area contributed by atoms with Crippen molar-refractivity contribution in [2.75, 3.05) is 13.2 Å². The molecular formula is C15H18F3NO4. The van der Waals surface area contributed by atoms with E-state index in [1.807, 2.05) is 0 Å². The molecule has 1 atom stereocenters. The first-order valence-corrected chi connectivity index (χ1v) is 7.46. The maximum absolute atomic E-state index is 12.5. The van der Waals surface area contributed by atoms with Gasteiger partial charge >= 0.3 is 6.18 Å². The maximum Gasteiger partial charge on any atom is 0.418 e. The van der Waals surface area contributed by atoms with Gasteiger partial charge in [-0.15, -0.1) is 0 Å². The van der Waals surface area contributed by atoms with E-state index in [1.54, 1.807) is 0 Å². The van der Waals surface area contributed by atoms with Gasteiger partial charge in [-0.05, 0) is 18.9 Å². The number of alkyl halides is 3. The van der Waals surface area contributed by atoms with E-state index < -0.39 is 23.7 Å². The van der Waals surface area contributed by atoms with Crippen LogP contribution in [0.1, 0.15) is 43.0 Å². The number of aliphatic hydroxyl groups excluding tert-OH is 1. The lowest BCUT2D eigenvalue weighted by Gasteiger charge is -2.40. The van der Waals surface area contributed by atoms with E-state index in [-0.39, 0.29) is 5.56 Å². The Morgan fingerprint density at radius 2 is 1.70 bits per heavy atom. The topological polar surface area (TPSA) is 71.8 Å². The molecule has 0 radical (unpaired) electrons. The summed E-state index contributed by atoms with van der Waals surface area (Å²) < 4.78 is 48.6. The number of rotatable bonds is 2. The first kappa shape index (κ1) is 16.6. The maximum atomic E-state index is 12.5. The van der Waals surface area contributed by atoms with Crippen LogP contribution in [0.3, 0.4) is 0 Å². The van der Waals surface area contributed by atoms with Crippen molar-refractivity contribution in [3.05, 3.63) is 29.6 Å². The third-order valence-electron chi connectivity index (χ3n) is 4.54. The first-order chi connectivity index (χ1) is 10.7. The van der Waals surface area contributed by atoms with Gasteiger partial charge in [0.1, 0.15) is 5.60 Å². The lowest BCUT2D eigenvalue weighted by Crippen LogP contribution is -2.42. The lowest BCUT2D eigenvalue weighted by atomic mass is 9.79. The highest BCUT2D eigenvalue weighted by atomic mass is 19.4. The second kappa shape index (κ2) is 5.70. The van der Waals surface area contributed by atoms with E-state index >= 15 is 0 Å². The quantitative estimate of drug-likeness (QED) is 0.868. The monoisotopic (exact) mass is 333 g/mol. The fourth-order valence-electron chi connectivity index (χ4n) is 3.12. The van der Waals surface area contributed by atoms with Crippen LogP contribution in [0.2, 0.25) is 0 Å². The zero-order valence-electron chi connectivity index (χ0n) is 12.3. The minimum absolute atomic E-state index is 0.295. The van der Waals surface area contributed by atoms with Crippen LogP contribution in [0.5, 0.6) is 0 Å². The smallest absolute Gasteiger partial charge is 0.384 e. The zero-order valence-corrected chi connectivity index (χ0v) is 12.3. The van der Waals surface area contributed by atoms with Gasteiger partial charge < -0.3 is 19.7 Å². The molecule has 2 heterocycles. The number of halogens is 3. The van der Waals surface area contributed by atoms with Gasteiger partial charge in [0.25, 0.3) is 0 Å². The van der Waals surface area contributed by atoms with E-state index in [0.29, 0.717) is 44.6 Å². The van der Waals surface area contributed by atoms with Gasteiger partial charge in [0.2, 0.25) is 0 Å². The Hall–Kier alpha value is -1.22. The lowest BCUT2D eigenvalue weighted by molar-refractivity contribution is -0.207. The summed E-state index contributed by atoms with van der Waals surface area (Å²) in [4.78, 5) is 3.93. The summed E-state index contributed by atoms with van der Waals surface area (Å²) in [6.07, 6.45) is -4.67. The average molecular weight is 333 g/mol. The van der Waals surface area contributed by atoms with Crippen LogP contribution in [-0.4, -0.2) is 40.4 Å². The van der Waals surface area contributed by atoms with Gasteiger partial charge in [-0.1, -0.05) is 6.07 Å². The number of hydrogen-bond donors (Lipinski definition) is 2.